The molecule has 3 rings (SSSR count). The number of rotatable bonds is 4. The molecule has 2 aliphatic rings. The molecule has 1 aromatic rings. The van der Waals surface area contributed by atoms with E-state index in [1.165, 1.54) is 0 Å². The Bertz CT molecular complexity index is 599. The van der Waals surface area contributed by atoms with Crippen LogP contribution >= 0.6 is 15.9 Å². The molecule has 1 saturated heterocycles. The minimum atomic E-state index is -0.508. The van der Waals surface area contributed by atoms with Gasteiger partial charge in [-0.1, -0.05) is 0 Å². The summed E-state index contributed by atoms with van der Waals surface area (Å²) in [6.07, 6.45) is 3.77. The lowest BCUT2D eigenvalue weighted by Crippen LogP contribution is -2.40. The Balaban J connectivity index is 1.81. The van der Waals surface area contributed by atoms with Gasteiger partial charge in [0.1, 0.15) is 17.8 Å². The van der Waals surface area contributed by atoms with Crippen molar-refractivity contribution in [2.75, 3.05) is 19.7 Å². The summed E-state index contributed by atoms with van der Waals surface area (Å²) in [5, 5.41) is 3.45. The average molecular weight is 397 g/mol. The van der Waals surface area contributed by atoms with E-state index < -0.39 is 11.2 Å². The number of hydrogen-bond acceptors (Lipinski definition) is 5. The molecule has 0 bridgehead atoms. The predicted molar refractivity (Wildman–Crippen MR) is 94.5 cm³/mol. The largest absolute Gasteiger partial charge is 0.458 e. The van der Waals surface area contributed by atoms with Crippen molar-refractivity contribution in [1.82, 2.24) is 10.3 Å². The molecule has 0 spiro atoms. The summed E-state index contributed by atoms with van der Waals surface area (Å²) in [4.78, 5) is 16.7. The molecular weight excluding hydrogens is 372 g/mol. The molecule has 2 heterocycles. The second-order valence-corrected chi connectivity index (χ2v) is 8.61. The highest BCUT2D eigenvalue weighted by molar-refractivity contribution is 9.10. The van der Waals surface area contributed by atoms with Crippen molar-refractivity contribution in [3.63, 3.8) is 0 Å². The lowest BCUT2D eigenvalue weighted by Gasteiger charge is -2.34. The highest BCUT2D eigenvalue weighted by atomic mass is 79.9. The van der Waals surface area contributed by atoms with Gasteiger partial charge in [-0.15, -0.1) is 0 Å². The molecule has 6 heteroatoms. The molecule has 2 fully saturated rings. The molecule has 3 atom stereocenters. The quantitative estimate of drug-likeness (QED) is 0.792. The number of fused-ring (bicyclic) bond motifs is 1. The van der Waals surface area contributed by atoms with Crippen LogP contribution in [0.25, 0.3) is 0 Å². The number of aromatic nitrogens is 1. The molecule has 132 valence electrons. The number of halogens is 1. The topological polar surface area (TPSA) is 60.5 Å². The van der Waals surface area contributed by atoms with E-state index in [1.54, 1.807) is 6.20 Å². The van der Waals surface area contributed by atoms with Crippen LogP contribution in [0, 0.1) is 11.8 Å². The molecule has 1 aromatic heterocycles. The Labute approximate surface area is 151 Å². The molecule has 5 nitrogen and oxygen atoms in total. The molecule has 1 aliphatic heterocycles. The summed E-state index contributed by atoms with van der Waals surface area (Å²) in [6, 6.07) is 3.98. The summed E-state index contributed by atoms with van der Waals surface area (Å²) in [5.74, 6) is 0.594. The van der Waals surface area contributed by atoms with Gasteiger partial charge >= 0.3 is 5.97 Å². The first-order valence-corrected chi connectivity index (χ1v) is 9.28. The maximum absolute atomic E-state index is 12.1. The number of pyridine rings is 1. The van der Waals surface area contributed by atoms with Crippen LogP contribution in [0.3, 0.4) is 0 Å². The zero-order chi connectivity index (χ0) is 17.4. The van der Waals surface area contributed by atoms with Gasteiger partial charge in [0.25, 0.3) is 0 Å². The van der Waals surface area contributed by atoms with Crippen LogP contribution in [0.2, 0.25) is 0 Å². The van der Waals surface area contributed by atoms with Gasteiger partial charge in [-0.25, -0.2) is 4.79 Å². The lowest BCUT2D eigenvalue weighted by molar-refractivity contribution is -0.171. The van der Waals surface area contributed by atoms with E-state index in [0.29, 0.717) is 11.8 Å². The van der Waals surface area contributed by atoms with Crippen molar-refractivity contribution in [1.29, 1.82) is 0 Å². The van der Waals surface area contributed by atoms with Gasteiger partial charge in [0, 0.05) is 23.1 Å². The maximum Gasteiger partial charge on any atom is 0.332 e. The summed E-state index contributed by atoms with van der Waals surface area (Å²) < 4.78 is 12.6. The van der Waals surface area contributed by atoms with Crippen LogP contribution in [0.5, 0.6) is 0 Å². The standard InChI is InChI=1S/C18H25BrN2O3/c1-17(2,3)24-16(22)11-23-18(15-5-4-13(19)9-21-15)7-6-12-8-20-10-14(12)18/h4-5,9,12,14,20H,6-8,10-11H2,1-3H3. The van der Waals surface area contributed by atoms with E-state index in [2.05, 4.69) is 26.2 Å². The number of nitrogens with one attached hydrogen (secondary N) is 1. The number of ether oxygens (including phenoxy) is 2. The van der Waals surface area contributed by atoms with Gasteiger partial charge in [-0.2, -0.15) is 0 Å². The van der Waals surface area contributed by atoms with Crippen LogP contribution in [0.15, 0.2) is 22.8 Å². The molecule has 0 aromatic carbocycles. The highest BCUT2D eigenvalue weighted by Crippen LogP contribution is 2.50. The van der Waals surface area contributed by atoms with Crippen LogP contribution in [-0.2, 0) is 19.9 Å². The smallest absolute Gasteiger partial charge is 0.332 e. The fourth-order valence-electron chi connectivity index (χ4n) is 3.92. The van der Waals surface area contributed by atoms with E-state index >= 15 is 0 Å². The van der Waals surface area contributed by atoms with Crippen LogP contribution in [0.4, 0.5) is 0 Å². The molecule has 24 heavy (non-hydrogen) atoms. The summed E-state index contributed by atoms with van der Waals surface area (Å²) >= 11 is 3.43. The zero-order valence-corrected chi connectivity index (χ0v) is 16.1. The van der Waals surface area contributed by atoms with Crippen molar-refractivity contribution in [2.45, 2.75) is 44.8 Å². The second-order valence-electron chi connectivity index (χ2n) is 7.69. The molecule has 1 aliphatic carbocycles. The highest BCUT2D eigenvalue weighted by Gasteiger charge is 2.53. The van der Waals surface area contributed by atoms with Gasteiger partial charge in [-0.3, -0.25) is 4.98 Å². The first-order valence-electron chi connectivity index (χ1n) is 8.49. The second kappa shape index (κ2) is 6.73. The van der Waals surface area contributed by atoms with Gasteiger partial charge < -0.3 is 14.8 Å². The van der Waals surface area contributed by atoms with Crippen molar-refractivity contribution >= 4 is 21.9 Å². The van der Waals surface area contributed by atoms with Crippen LogP contribution < -0.4 is 5.32 Å². The maximum atomic E-state index is 12.1. The summed E-state index contributed by atoms with van der Waals surface area (Å²) in [5.41, 5.74) is -0.104. The number of esters is 1. The van der Waals surface area contributed by atoms with Crippen molar-refractivity contribution in [2.24, 2.45) is 11.8 Å². The third-order valence-electron chi connectivity index (χ3n) is 4.85. The third kappa shape index (κ3) is 3.65. The van der Waals surface area contributed by atoms with Gasteiger partial charge in [0.05, 0.1) is 5.69 Å². The average Bonchev–Trinajstić information content (AvgIpc) is 3.07. The first kappa shape index (κ1) is 17.8. The zero-order valence-electron chi connectivity index (χ0n) is 14.5. The summed E-state index contributed by atoms with van der Waals surface area (Å²) in [7, 11) is 0. The van der Waals surface area contributed by atoms with Gasteiger partial charge in [0.2, 0.25) is 0 Å². The van der Waals surface area contributed by atoms with E-state index in [0.717, 1.165) is 36.1 Å². The minimum Gasteiger partial charge on any atom is -0.458 e. The molecule has 0 radical (unpaired) electrons. The molecular formula is C18H25BrN2O3. The van der Waals surface area contributed by atoms with E-state index in [1.807, 2.05) is 32.9 Å². The predicted octanol–water partition coefficient (Wildman–Crippen LogP) is 3.03. The Morgan fingerprint density at radius 2 is 2.21 bits per heavy atom. The van der Waals surface area contributed by atoms with E-state index in [-0.39, 0.29) is 12.6 Å². The Morgan fingerprint density at radius 1 is 1.42 bits per heavy atom. The molecule has 1 N–H and O–H groups in total. The number of carbonyl (C=O) groups is 1. The number of carbonyl (C=O) groups excluding carboxylic acids is 1. The fourth-order valence-corrected chi connectivity index (χ4v) is 4.16. The van der Waals surface area contributed by atoms with Gasteiger partial charge in [-0.05, 0) is 74.1 Å². The third-order valence-corrected chi connectivity index (χ3v) is 5.32. The van der Waals surface area contributed by atoms with E-state index in [4.69, 9.17) is 9.47 Å². The van der Waals surface area contributed by atoms with Crippen LogP contribution in [0.1, 0.15) is 39.3 Å². The fraction of sp³-hybridized carbons (Fsp3) is 0.667. The Hall–Kier alpha value is -0.980. The molecule has 3 unspecified atom stereocenters. The van der Waals surface area contributed by atoms with Crippen LogP contribution in [-0.4, -0.2) is 36.3 Å². The van der Waals surface area contributed by atoms with Crippen molar-refractivity contribution in [3.8, 4) is 0 Å². The Kier molecular flexibility index (Phi) is 5.00. The van der Waals surface area contributed by atoms with Gasteiger partial charge in [0.15, 0.2) is 0 Å². The summed E-state index contributed by atoms with van der Waals surface area (Å²) in [6.45, 7) is 7.46. The SMILES string of the molecule is CC(C)(C)OC(=O)COC1(c2ccc(Br)cn2)CCC2CNCC21. The number of nitrogens with zero attached hydrogens (tertiary/aromatic N) is 1. The van der Waals surface area contributed by atoms with E-state index in [9.17, 15) is 4.79 Å². The number of hydrogen-bond donors (Lipinski definition) is 1. The van der Waals surface area contributed by atoms with Crippen molar-refractivity contribution in [3.05, 3.63) is 28.5 Å². The first-order chi connectivity index (χ1) is 11.3. The lowest BCUT2D eigenvalue weighted by atomic mass is 9.84. The van der Waals surface area contributed by atoms with Crippen molar-refractivity contribution < 1.29 is 14.3 Å². The monoisotopic (exact) mass is 396 g/mol. The molecule has 0 amide bonds. The minimum absolute atomic E-state index is 0.0434. The Morgan fingerprint density at radius 3 is 2.88 bits per heavy atom. The molecule has 1 saturated carbocycles. The normalized spacial score (nSPS) is 29.5.